The van der Waals surface area contributed by atoms with Crippen molar-refractivity contribution in [2.75, 3.05) is 0 Å². The number of aromatic nitrogens is 1. The van der Waals surface area contributed by atoms with E-state index in [0.717, 1.165) is 15.7 Å². The number of hydrogen-bond acceptors (Lipinski definition) is 4. The minimum Gasteiger partial charge on any atom is -0.428 e. The van der Waals surface area contributed by atoms with Crippen LogP contribution in [-0.2, 0) is 15.0 Å². The van der Waals surface area contributed by atoms with E-state index in [-0.39, 0.29) is 0 Å². The first-order valence-corrected chi connectivity index (χ1v) is 5.64. The Morgan fingerprint density at radius 2 is 2.24 bits per heavy atom. The number of fused-ring (bicyclic) bond motifs is 1. The minimum absolute atomic E-state index is 0.304. The molecule has 0 fully saturated rings. The van der Waals surface area contributed by atoms with Gasteiger partial charge in [-0.05, 0) is 11.6 Å². The molecule has 1 heterocycles. The average Bonchev–Trinajstić information content (AvgIpc) is 2.66. The molecule has 0 aliphatic carbocycles. The third-order valence-electron chi connectivity index (χ3n) is 2.59. The topological polar surface area (TPSA) is 77.5 Å². The van der Waals surface area contributed by atoms with Crippen molar-refractivity contribution in [1.82, 2.24) is 4.73 Å². The number of hydrogen-bond donors (Lipinski definition) is 2. The molecule has 1 aromatic heterocycles. The second-order valence-corrected chi connectivity index (χ2v) is 4.05. The van der Waals surface area contributed by atoms with Crippen molar-refractivity contribution in [3.05, 3.63) is 36.0 Å². The lowest BCUT2D eigenvalue weighted by molar-refractivity contribution is -0.133. The number of nitrogens with two attached hydrogens (primary N) is 1. The summed E-state index contributed by atoms with van der Waals surface area (Å²) >= 11 is 2.60. The summed E-state index contributed by atoms with van der Waals surface area (Å²) < 4.78 is 5.41. The maximum absolute atomic E-state index is 11.2. The molecule has 0 amide bonds. The maximum Gasteiger partial charge on any atom is 0.334 e. The summed E-state index contributed by atoms with van der Waals surface area (Å²) in [4.78, 5) is 11.2. The summed E-state index contributed by atoms with van der Waals surface area (Å²) in [6.45, 7) is 0. The third-order valence-corrected chi connectivity index (χ3v) is 2.91. The first-order chi connectivity index (χ1) is 8.13. The van der Waals surface area contributed by atoms with Gasteiger partial charge in [0.1, 0.15) is 6.04 Å². The molecule has 0 aliphatic heterocycles. The van der Waals surface area contributed by atoms with Gasteiger partial charge in [-0.25, -0.2) is 4.79 Å². The van der Waals surface area contributed by atoms with Crippen molar-refractivity contribution >= 4 is 33.1 Å². The Morgan fingerprint density at radius 1 is 1.53 bits per heavy atom. The van der Waals surface area contributed by atoms with Crippen LogP contribution in [0.25, 0.3) is 10.9 Å². The van der Waals surface area contributed by atoms with Crippen LogP contribution >= 0.6 is 16.3 Å². The molecule has 0 saturated heterocycles. The Balaban J connectivity index is 2.33. The summed E-state index contributed by atoms with van der Waals surface area (Å²) in [6, 6.07) is 6.57. The van der Waals surface area contributed by atoms with Gasteiger partial charge in [-0.2, -0.15) is 4.73 Å². The van der Waals surface area contributed by atoms with Gasteiger partial charge in [-0.1, -0.05) is 18.2 Å². The van der Waals surface area contributed by atoms with Crippen LogP contribution in [-0.4, -0.2) is 21.9 Å². The van der Waals surface area contributed by atoms with E-state index < -0.39 is 12.0 Å². The van der Waals surface area contributed by atoms with Gasteiger partial charge in [0.2, 0.25) is 0 Å². The molecule has 0 spiro atoms. The SMILES string of the molecule is NC(Cc1cn(O)c2ccccc12)C(=O)OBr. The van der Waals surface area contributed by atoms with Gasteiger partial charge >= 0.3 is 5.97 Å². The highest BCUT2D eigenvalue weighted by Crippen LogP contribution is 2.21. The van der Waals surface area contributed by atoms with Crippen molar-refractivity contribution in [2.45, 2.75) is 12.5 Å². The van der Waals surface area contributed by atoms with Crippen LogP contribution < -0.4 is 5.73 Å². The standard InChI is InChI=1S/C11H11BrN2O3/c12-17-11(15)9(13)5-7-6-14(16)10-4-2-1-3-8(7)10/h1-4,6,9,16H,5,13H2. The van der Waals surface area contributed by atoms with Crippen LogP contribution in [0.2, 0.25) is 0 Å². The van der Waals surface area contributed by atoms with Gasteiger partial charge in [-0.15, -0.1) is 0 Å². The zero-order chi connectivity index (χ0) is 12.4. The first kappa shape index (κ1) is 11.9. The number of para-hydroxylation sites is 1. The lowest BCUT2D eigenvalue weighted by Crippen LogP contribution is -2.32. The highest BCUT2D eigenvalue weighted by molar-refractivity contribution is 9.06. The van der Waals surface area contributed by atoms with Crippen molar-refractivity contribution in [3.63, 3.8) is 0 Å². The molecular weight excluding hydrogens is 288 g/mol. The van der Waals surface area contributed by atoms with E-state index in [1.54, 1.807) is 12.3 Å². The molecule has 2 rings (SSSR count). The Labute approximate surface area is 106 Å². The van der Waals surface area contributed by atoms with Crippen LogP contribution in [0, 0.1) is 0 Å². The summed E-state index contributed by atoms with van der Waals surface area (Å²) in [6.07, 6.45) is 1.85. The molecule has 1 aromatic carbocycles. The minimum atomic E-state index is -0.764. The van der Waals surface area contributed by atoms with Crippen molar-refractivity contribution < 1.29 is 13.8 Å². The number of carbonyl (C=O) groups is 1. The van der Waals surface area contributed by atoms with Gasteiger partial charge in [0, 0.05) is 18.0 Å². The quantitative estimate of drug-likeness (QED) is 0.844. The summed E-state index contributed by atoms with van der Waals surface area (Å²) in [5, 5.41) is 10.5. The highest BCUT2D eigenvalue weighted by Gasteiger charge is 2.18. The van der Waals surface area contributed by atoms with E-state index in [4.69, 9.17) is 5.73 Å². The molecular formula is C11H11BrN2O3. The van der Waals surface area contributed by atoms with E-state index in [2.05, 4.69) is 20.1 Å². The van der Waals surface area contributed by atoms with E-state index in [1.807, 2.05) is 18.2 Å². The predicted octanol–water partition coefficient (Wildman–Crippen LogP) is 1.60. The molecule has 17 heavy (non-hydrogen) atoms. The van der Waals surface area contributed by atoms with Crippen molar-refractivity contribution in [2.24, 2.45) is 5.73 Å². The molecule has 0 aliphatic rings. The Morgan fingerprint density at radius 3 is 2.94 bits per heavy atom. The lowest BCUT2D eigenvalue weighted by Gasteiger charge is -2.06. The monoisotopic (exact) mass is 298 g/mol. The smallest absolute Gasteiger partial charge is 0.334 e. The van der Waals surface area contributed by atoms with Crippen LogP contribution in [0.15, 0.2) is 30.5 Å². The summed E-state index contributed by atoms with van der Waals surface area (Å²) in [5.74, 6) is -0.542. The molecule has 3 N–H and O–H groups in total. The molecule has 1 atom stereocenters. The van der Waals surface area contributed by atoms with E-state index >= 15 is 0 Å². The molecule has 6 heteroatoms. The summed E-state index contributed by atoms with van der Waals surface area (Å²) in [5.41, 5.74) is 7.15. The summed E-state index contributed by atoms with van der Waals surface area (Å²) in [7, 11) is 0. The highest BCUT2D eigenvalue weighted by atomic mass is 79.9. The van der Waals surface area contributed by atoms with E-state index in [9.17, 15) is 10.0 Å². The predicted molar refractivity (Wildman–Crippen MR) is 65.8 cm³/mol. The number of benzene rings is 1. The normalized spacial score (nSPS) is 12.6. The number of halogens is 1. The van der Waals surface area contributed by atoms with Crippen LogP contribution in [0.4, 0.5) is 0 Å². The average molecular weight is 299 g/mol. The van der Waals surface area contributed by atoms with Crippen molar-refractivity contribution in [1.29, 1.82) is 0 Å². The molecule has 0 saturated carbocycles. The van der Waals surface area contributed by atoms with E-state index in [0.29, 0.717) is 11.9 Å². The van der Waals surface area contributed by atoms with Gasteiger partial charge in [0.05, 0.1) is 5.52 Å². The molecule has 0 radical (unpaired) electrons. The molecule has 0 bridgehead atoms. The van der Waals surface area contributed by atoms with Crippen LogP contribution in [0.5, 0.6) is 0 Å². The fourth-order valence-corrected chi connectivity index (χ4v) is 2.01. The van der Waals surface area contributed by atoms with Crippen LogP contribution in [0.1, 0.15) is 5.56 Å². The number of carbonyl (C=O) groups excluding carboxylic acids is 1. The lowest BCUT2D eigenvalue weighted by atomic mass is 10.1. The second kappa shape index (κ2) is 4.77. The molecule has 2 aromatic rings. The number of rotatable bonds is 3. The van der Waals surface area contributed by atoms with Crippen LogP contribution in [0.3, 0.4) is 0 Å². The fraction of sp³-hybridized carbons (Fsp3) is 0.182. The maximum atomic E-state index is 11.2. The van der Waals surface area contributed by atoms with Gasteiger partial charge < -0.3 is 14.8 Å². The molecule has 5 nitrogen and oxygen atoms in total. The zero-order valence-corrected chi connectivity index (χ0v) is 10.4. The second-order valence-electron chi connectivity index (χ2n) is 3.72. The Bertz CT molecular complexity index is 553. The van der Waals surface area contributed by atoms with Gasteiger partial charge in [-0.3, -0.25) is 0 Å². The Hall–Kier alpha value is -1.53. The fourth-order valence-electron chi connectivity index (χ4n) is 1.77. The largest absolute Gasteiger partial charge is 0.428 e. The van der Waals surface area contributed by atoms with Gasteiger partial charge in [0.25, 0.3) is 0 Å². The Kier molecular flexibility index (Phi) is 3.35. The van der Waals surface area contributed by atoms with Crippen molar-refractivity contribution in [3.8, 4) is 0 Å². The zero-order valence-electron chi connectivity index (χ0n) is 8.84. The molecule has 90 valence electrons. The number of nitrogens with zero attached hydrogens (tertiary/aromatic N) is 1. The molecule has 1 unspecified atom stereocenters. The van der Waals surface area contributed by atoms with E-state index in [1.165, 1.54) is 0 Å². The first-order valence-electron chi connectivity index (χ1n) is 4.99. The van der Waals surface area contributed by atoms with Gasteiger partial charge in [0.15, 0.2) is 16.3 Å². The third kappa shape index (κ3) is 2.27.